The molecule has 0 radical (unpaired) electrons. The van der Waals surface area contributed by atoms with Gasteiger partial charge in [-0.1, -0.05) is 24.3 Å². The monoisotopic (exact) mass is 532 g/mol. The molecule has 10 heteroatoms. The molecule has 2 aromatic rings. The van der Waals surface area contributed by atoms with E-state index in [-0.39, 0.29) is 24.7 Å². The van der Waals surface area contributed by atoms with Crippen LogP contribution >= 0.6 is 23.1 Å². The van der Waals surface area contributed by atoms with Crippen molar-refractivity contribution in [3.63, 3.8) is 0 Å². The lowest BCUT2D eigenvalue weighted by molar-refractivity contribution is -0.142. The van der Waals surface area contributed by atoms with Crippen LogP contribution in [0.15, 0.2) is 29.8 Å². The number of thioether (sulfide) groups is 1. The van der Waals surface area contributed by atoms with Crippen LogP contribution in [-0.4, -0.2) is 62.9 Å². The van der Waals surface area contributed by atoms with E-state index in [1.165, 1.54) is 11.8 Å². The van der Waals surface area contributed by atoms with Crippen molar-refractivity contribution in [3.05, 3.63) is 41.0 Å². The van der Waals surface area contributed by atoms with Gasteiger partial charge in [0.25, 0.3) is 5.91 Å². The van der Waals surface area contributed by atoms with Crippen LogP contribution in [0.25, 0.3) is 10.4 Å². The zero-order valence-electron chi connectivity index (χ0n) is 21.1. The van der Waals surface area contributed by atoms with Crippen molar-refractivity contribution in [2.45, 2.75) is 75.5 Å². The number of amides is 3. The molecule has 2 fully saturated rings. The fraction of sp³-hybridized carbons (Fsp3) is 0.538. The summed E-state index contributed by atoms with van der Waals surface area (Å²) in [5.41, 5.74) is 2.99. The number of alkyl halides is 1. The minimum Gasteiger partial charge on any atom is -0.350 e. The molecule has 3 amide bonds. The Bertz CT molecular complexity index is 1130. The van der Waals surface area contributed by atoms with Crippen LogP contribution in [0.4, 0.5) is 4.39 Å². The maximum Gasteiger partial charge on any atom is 0.258 e. The van der Waals surface area contributed by atoms with Gasteiger partial charge >= 0.3 is 0 Å². The Labute approximate surface area is 219 Å². The molecule has 1 aromatic carbocycles. The number of hydrogen-bond acceptors (Lipinski definition) is 6. The number of carbonyl (C=O) groups excluding carboxylic acids is 3. The van der Waals surface area contributed by atoms with E-state index in [1.54, 1.807) is 16.2 Å². The quantitative estimate of drug-likeness (QED) is 0.512. The lowest BCUT2D eigenvalue weighted by Gasteiger charge is -2.36. The van der Waals surface area contributed by atoms with Gasteiger partial charge in [-0.2, -0.15) is 11.8 Å². The minimum atomic E-state index is -1.87. The van der Waals surface area contributed by atoms with Gasteiger partial charge in [-0.25, -0.2) is 9.37 Å². The second-order valence-corrected chi connectivity index (χ2v) is 12.4. The van der Waals surface area contributed by atoms with Gasteiger partial charge in [0.05, 0.1) is 16.1 Å². The predicted molar refractivity (Wildman–Crippen MR) is 141 cm³/mol. The molecule has 2 aliphatic rings. The van der Waals surface area contributed by atoms with Gasteiger partial charge in [0, 0.05) is 17.8 Å². The Balaban J connectivity index is 1.40. The molecular formula is C26H33FN4O3S2. The fourth-order valence-electron chi connectivity index (χ4n) is 4.38. The first-order valence-electron chi connectivity index (χ1n) is 12.2. The van der Waals surface area contributed by atoms with Crippen LogP contribution in [-0.2, 0) is 20.9 Å². The van der Waals surface area contributed by atoms with Gasteiger partial charge in [-0.3, -0.25) is 14.4 Å². The number of rotatable bonds is 9. The van der Waals surface area contributed by atoms with E-state index < -0.39 is 28.4 Å². The number of likely N-dealkylation sites (tertiary alicyclic amines) is 1. The first kappa shape index (κ1) is 26.6. The van der Waals surface area contributed by atoms with E-state index in [0.29, 0.717) is 25.9 Å². The second kappa shape index (κ2) is 10.5. The average Bonchev–Trinajstić information content (AvgIpc) is 3.23. The molecule has 36 heavy (non-hydrogen) atoms. The van der Waals surface area contributed by atoms with Crippen molar-refractivity contribution in [2.75, 3.05) is 12.8 Å². The molecule has 2 heterocycles. The highest BCUT2D eigenvalue weighted by molar-refractivity contribution is 8.00. The third-order valence-corrected chi connectivity index (χ3v) is 9.37. The van der Waals surface area contributed by atoms with Crippen LogP contribution < -0.4 is 10.6 Å². The lowest BCUT2D eigenvalue weighted by Crippen LogP contribution is -2.60. The summed E-state index contributed by atoms with van der Waals surface area (Å²) in [5.74, 6) is -1.30. The van der Waals surface area contributed by atoms with E-state index in [2.05, 4.69) is 15.6 Å². The highest BCUT2D eigenvalue weighted by Gasteiger charge is 2.53. The van der Waals surface area contributed by atoms with E-state index in [9.17, 15) is 18.8 Å². The molecule has 1 saturated carbocycles. The van der Waals surface area contributed by atoms with Crippen molar-refractivity contribution in [3.8, 4) is 10.4 Å². The van der Waals surface area contributed by atoms with Gasteiger partial charge in [-0.15, -0.1) is 11.3 Å². The van der Waals surface area contributed by atoms with Gasteiger partial charge in [0.2, 0.25) is 11.8 Å². The highest BCUT2D eigenvalue weighted by atomic mass is 32.2. The van der Waals surface area contributed by atoms with Crippen LogP contribution in [0.2, 0.25) is 0 Å². The average molecular weight is 533 g/mol. The molecule has 1 aliphatic heterocycles. The Kier molecular flexibility index (Phi) is 7.75. The molecule has 0 spiro atoms. The topological polar surface area (TPSA) is 91.4 Å². The smallest absolute Gasteiger partial charge is 0.258 e. The minimum absolute atomic E-state index is 0.180. The Hall–Kier alpha value is -2.46. The number of aryl methyl sites for hydroxylation is 1. The third kappa shape index (κ3) is 5.59. The number of halogens is 1. The number of carbonyl (C=O) groups is 3. The van der Waals surface area contributed by atoms with E-state index in [4.69, 9.17) is 0 Å². The summed E-state index contributed by atoms with van der Waals surface area (Å²) in [7, 11) is 0. The summed E-state index contributed by atoms with van der Waals surface area (Å²) in [6.45, 7) is 6.45. The van der Waals surface area contributed by atoms with E-state index in [1.807, 2.05) is 56.8 Å². The molecule has 7 nitrogen and oxygen atoms in total. The summed E-state index contributed by atoms with van der Waals surface area (Å²) in [5, 5.41) is 5.63. The summed E-state index contributed by atoms with van der Waals surface area (Å²) in [6, 6.07) is 6.44. The summed E-state index contributed by atoms with van der Waals surface area (Å²) in [4.78, 5) is 46.1. The number of nitrogens with one attached hydrogen (secondary N) is 2. The van der Waals surface area contributed by atoms with Crippen LogP contribution in [0.5, 0.6) is 0 Å². The third-order valence-electron chi connectivity index (χ3n) is 7.11. The zero-order valence-corrected chi connectivity index (χ0v) is 22.7. The molecule has 2 atom stereocenters. The molecule has 1 aliphatic carbocycles. The van der Waals surface area contributed by atoms with Crippen molar-refractivity contribution in [1.82, 2.24) is 20.5 Å². The van der Waals surface area contributed by atoms with Crippen molar-refractivity contribution < 1.29 is 18.8 Å². The van der Waals surface area contributed by atoms with Crippen LogP contribution in [0, 0.1) is 6.92 Å². The van der Waals surface area contributed by atoms with E-state index in [0.717, 1.165) is 21.7 Å². The highest BCUT2D eigenvalue weighted by Crippen LogP contribution is 2.40. The summed E-state index contributed by atoms with van der Waals surface area (Å²) >= 11 is 3.02. The van der Waals surface area contributed by atoms with Crippen molar-refractivity contribution >= 4 is 40.8 Å². The van der Waals surface area contributed by atoms with Gasteiger partial charge in [-0.05, 0) is 63.8 Å². The number of benzene rings is 1. The van der Waals surface area contributed by atoms with Crippen LogP contribution in [0.3, 0.4) is 0 Å². The zero-order chi connectivity index (χ0) is 26.1. The predicted octanol–water partition coefficient (Wildman–Crippen LogP) is 3.85. The second-order valence-electron chi connectivity index (χ2n) is 10.1. The van der Waals surface area contributed by atoms with Crippen molar-refractivity contribution in [1.29, 1.82) is 0 Å². The standard InChI is InChI=1S/C26H33FN4O3S2/c1-16-20(36-15-29-16)18-9-7-17(8-10-18)14-28-22(32)19-6-5-13-31(19)23(33)21(25(2,3)35-4)30-24(34)26(27)11-12-26/h7-10,15,19,21H,5-6,11-14H2,1-4H3,(H,28,32)(H,30,34)/t19-,21?/m0/s1. The molecular weight excluding hydrogens is 499 g/mol. The first-order chi connectivity index (χ1) is 17.1. The maximum absolute atomic E-state index is 14.4. The van der Waals surface area contributed by atoms with Crippen molar-refractivity contribution in [2.24, 2.45) is 0 Å². The molecule has 2 N–H and O–H groups in total. The molecule has 1 unspecified atom stereocenters. The largest absolute Gasteiger partial charge is 0.350 e. The molecule has 4 rings (SSSR count). The fourth-order valence-corrected chi connectivity index (χ4v) is 5.58. The number of thiazole rings is 1. The number of aromatic nitrogens is 1. The molecule has 1 saturated heterocycles. The molecule has 194 valence electrons. The van der Waals surface area contributed by atoms with Gasteiger partial charge < -0.3 is 15.5 Å². The Morgan fingerprint density at radius 3 is 2.56 bits per heavy atom. The molecule has 0 bridgehead atoms. The van der Waals surface area contributed by atoms with E-state index >= 15 is 0 Å². The summed E-state index contributed by atoms with van der Waals surface area (Å²) < 4.78 is 13.7. The number of nitrogens with zero attached hydrogens (tertiary/aromatic N) is 2. The Morgan fingerprint density at radius 1 is 1.28 bits per heavy atom. The normalized spacial score (nSPS) is 19.6. The van der Waals surface area contributed by atoms with Crippen LogP contribution in [0.1, 0.15) is 50.8 Å². The maximum atomic E-state index is 14.4. The van der Waals surface area contributed by atoms with Gasteiger partial charge in [0.1, 0.15) is 12.1 Å². The Morgan fingerprint density at radius 2 is 1.97 bits per heavy atom. The number of hydrogen-bond donors (Lipinski definition) is 2. The first-order valence-corrected chi connectivity index (χ1v) is 14.3. The van der Waals surface area contributed by atoms with Gasteiger partial charge in [0.15, 0.2) is 5.67 Å². The lowest BCUT2D eigenvalue weighted by atomic mass is 10.00. The summed E-state index contributed by atoms with van der Waals surface area (Å²) in [6.07, 6.45) is 3.46. The molecule has 1 aromatic heterocycles. The SMILES string of the molecule is CSC(C)(C)C(NC(=O)C1(F)CC1)C(=O)N1CCC[C@H]1C(=O)NCc1ccc(-c2scnc2C)cc1.